The van der Waals surface area contributed by atoms with Gasteiger partial charge in [0, 0.05) is 29.9 Å². The Morgan fingerprint density at radius 2 is 1.74 bits per heavy atom. The van der Waals surface area contributed by atoms with Crippen molar-refractivity contribution >= 4 is 40.7 Å². The summed E-state index contributed by atoms with van der Waals surface area (Å²) in [5, 5.41) is 4.47. The van der Waals surface area contributed by atoms with Crippen LogP contribution in [0.25, 0.3) is 0 Å². The van der Waals surface area contributed by atoms with Gasteiger partial charge in [0.2, 0.25) is 5.95 Å². The average molecular weight is 353 g/mol. The highest BCUT2D eigenvalue weighted by Gasteiger charge is 2.11. The summed E-state index contributed by atoms with van der Waals surface area (Å²) in [6, 6.07) is 7.21. The summed E-state index contributed by atoms with van der Waals surface area (Å²) in [7, 11) is 0. The van der Waals surface area contributed by atoms with Crippen molar-refractivity contribution in [2.45, 2.75) is 33.6 Å². The van der Waals surface area contributed by atoms with Gasteiger partial charge >= 0.3 is 0 Å². The zero-order chi connectivity index (χ0) is 16.8. The summed E-state index contributed by atoms with van der Waals surface area (Å²) in [5.74, 6) is 1.46. The first-order valence-electron chi connectivity index (χ1n) is 7.86. The summed E-state index contributed by atoms with van der Waals surface area (Å²) in [6.07, 6.45) is 2.11. The van der Waals surface area contributed by atoms with Gasteiger partial charge in [0.05, 0.1) is 10.7 Å². The standard InChI is InChI=1S/C17H22Cl2N4/c1-4-8-23(9-5-2)17-20-12(3)10-16(22-17)21-15-11-13(18)6-7-14(15)19/h6-7,10-11H,4-5,8-9H2,1-3H3,(H,20,21,22). The Morgan fingerprint density at radius 3 is 2.39 bits per heavy atom. The van der Waals surface area contributed by atoms with Crippen molar-refractivity contribution in [3.05, 3.63) is 40.0 Å². The van der Waals surface area contributed by atoms with E-state index in [1.807, 2.05) is 13.0 Å². The maximum absolute atomic E-state index is 6.21. The van der Waals surface area contributed by atoms with Gasteiger partial charge < -0.3 is 10.2 Å². The topological polar surface area (TPSA) is 41.1 Å². The van der Waals surface area contributed by atoms with Crippen molar-refractivity contribution < 1.29 is 0 Å². The summed E-state index contributed by atoms with van der Waals surface area (Å²) >= 11 is 12.3. The molecule has 0 bridgehead atoms. The maximum atomic E-state index is 6.21. The first-order chi connectivity index (χ1) is 11.0. The highest BCUT2D eigenvalue weighted by Crippen LogP contribution is 2.28. The highest BCUT2D eigenvalue weighted by molar-refractivity contribution is 6.35. The van der Waals surface area contributed by atoms with Crippen molar-refractivity contribution in [3.63, 3.8) is 0 Å². The molecule has 23 heavy (non-hydrogen) atoms. The average Bonchev–Trinajstić information content (AvgIpc) is 2.50. The maximum Gasteiger partial charge on any atom is 0.227 e. The minimum absolute atomic E-state index is 0.603. The number of aryl methyl sites for hydroxylation is 1. The second kappa shape index (κ2) is 8.37. The lowest BCUT2D eigenvalue weighted by Gasteiger charge is -2.22. The molecule has 2 rings (SSSR count). The lowest BCUT2D eigenvalue weighted by molar-refractivity contribution is 0.720. The predicted molar refractivity (Wildman–Crippen MR) is 99.3 cm³/mol. The van der Waals surface area contributed by atoms with Crippen LogP contribution in [0.4, 0.5) is 17.5 Å². The van der Waals surface area contributed by atoms with E-state index >= 15 is 0 Å². The van der Waals surface area contributed by atoms with E-state index in [4.69, 9.17) is 23.2 Å². The molecule has 0 aliphatic heterocycles. The van der Waals surface area contributed by atoms with E-state index in [0.29, 0.717) is 15.9 Å². The minimum Gasteiger partial charge on any atom is -0.341 e. The normalized spacial score (nSPS) is 10.7. The van der Waals surface area contributed by atoms with Crippen LogP contribution in [-0.4, -0.2) is 23.1 Å². The van der Waals surface area contributed by atoms with Gasteiger partial charge in [-0.1, -0.05) is 37.0 Å². The number of rotatable bonds is 7. The zero-order valence-corrected chi connectivity index (χ0v) is 15.2. The SMILES string of the molecule is CCCN(CCC)c1nc(C)cc(Nc2cc(Cl)ccc2Cl)n1. The van der Waals surface area contributed by atoms with Crippen molar-refractivity contribution in [2.24, 2.45) is 0 Å². The molecule has 1 aromatic heterocycles. The number of hydrogen-bond acceptors (Lipinski definition) is 4. The number of nitrogens with zero attached hydrogens (tertiary/aromatic N) is 3. The smallest absolute Gasteiger partial charge is 0.227 e. The summed E-state index contributed by atoms with van der Waals surface area (Å²) < 4.78 is 0. The molecular formula is C17H22Cl2N4. The number of benzene rings is 1. The third-order valence-corrected chi connectivity index (χ3v) is 3.87. The van der Waals surface area contributed by atoms with Crippen molar-refractivity contribution in [2.75, 3.05) is 23.3 Å². The van der Waals surface area contributed by atoms with E-state index in [9.17, 15) is 0 Å². The van der Waals surface area contributed by atoms with Crippen molar-refractivity contribution in [3.8, 4) is 0 Å². The van der Waals surface area contributed by atoms with E-state index < -0.39 is 0 Å². The van der Waals surface area contributed by atoms with Crippen molar-refractivity contribution in [1.29, 1.82) is 0 Å². The van der Waals surface area contributed by atoms with Crippen LogP contribution < -0.4 is 10.2 Å². The Kier molecular flexibility index (Phi) is 6.48. The van der Waals surface area contributed by atoms with Gasteiger partial charge in [-0.25, -0.2) is 4.98 Å². The molecule has 4 nitrogen and oxygen atoms in total. The Bertz CT molecular complexity index is 655. The Hall–Kier alpha value is -1.52. The second-order valence-corrected chi connectivity index (χ2v) is 6.27. The summed E-state index contributed by atoms with van der Waals surface area (Å²) in [5.41, 5.74) is 1.65. The van der Waals surface area contributed by atoms with E-state index in [0.717, 1.165) is 43.3 Å². The van der Waals surface area contributed by atoms with Gasteiger partial charge in [0.15, 0.2) is 0 Å². The molecule has 1 aromatic carbocycles. The molecular weight excluding hydrogens is 331 g/mol. The third kappa shape index (κ3) is 4.98. The largest absolute Gasteiger partial charge is 0.341 e. The van der Waals surface area contributed by atoms with E-state index in [1.165, 1.54) is 0 Å². The van der Waals surface area contributed by atoms with Crippen LogP contribution in [0.3, 0.4) is 0 Å². The summed E-state index contributed by atoms with van der Waals surface area (Å²) in [4.78, 5) is 11.4. The van der Waals surface area contributed by atoms with Crippen LogP contribution >= 0.6 is 23.2 Å². The summed E-state index contributed by atoms with van der Waals surface area (Å²) in [6.45, 7) is 8.15. The van der Waals surface area contributed by atoms with E-state index in [1.54, 1.807) is 18.2 Å². The third-order valence-electron chi connectivity index (χ3n) is 3.30. The fourth-order valence-corrected chi connectivity index (χ4v) is 2.68. The molecule has 124 valence electrons. The zero-order valence-electron chi connectivity index (χ0n) is 13.7. The lowest BCUT2D eigenvalue weighted by atomic mass is 10.3. The van der Waals surface area contributed by atoms with Gasteiger partial charge in [0.25, 0.3) is 0 Å². The minimum atomic E-state index is 0.603. The number of aromatic nitrogens is 2. The van der Waals surface area contributed by atoms with Crippen LogP contribution in [0, 0.1) is 6.92 Å². The van der Waals surface area contributed by atoms with Crippen LogP contribution in [0.2, 0.25) is 10.0 Å². The molecule has 0 aliphatic rings. The molecule has 1 heterocycles. The molecule has 0 atom stereocenters. The number of hydrogen-bond donors (Lipinski definition) is 1. The molecule has 0 saturated heterocycles. The van der Waals surface area contributed by atoms with Crippen molar-refractivity contribution in [1.82, 2.24) is 9.97 Å². The van der Waals surface area contributed by atoms with Gasteiger partial charge in [0.1, 0.15) is 5.82 Å². The first kappa shape index (κ1) is 17.8. The van der Waals surface area contributed by atoms with E-state index in [-0.39, 0.29) is 0 Å². The van der Waals surface area contributed by atoms with Gasteiger partial charge in [-0.05, 0) is 38.0 Å². The first-order valence-corrected chi connectivity index (χ1v) is 8.61. The molecule has 0 saturated carbocycles. The van der Waals surface area contributed by atoms with Crippen LogP contribution in [0.5, 0.6) is 0 Å². The fraction of sp³-hybridized carbons (Fsp3) is 0.412. The number of halogens is 2. The Balaban J connectivity index is 2.30. The van der Waals surface area contributed by atoms with Gasteiger partial charge in [-0.3, -0.25) is 0 Å². The molecule has 0 radical (unpaired) electrons. The van der Waals surface area contributed by atoms with E-state index in [2.05, 4.69) is 34.0 Å². The molecule has 0 unspecified atom stereocenters. The lowest BCUT2D eigenvalue weighted by Crippen LogP contribution is -2.27. The Labute approximate surface area is 147 Å². The van der Waals surface area contributed by atoms with Gasteiger partial charge in [-0.2, -0.15) is 4.98 Å². The molecule has 0 fully saturated rings. The van der Waals surface area contributed by atoms with Crippen LogP contribution in [0.15, 0.2) is 24.3 Å². The van der Waals surface area contributed by atoms with Gasteiger partial charge in [-0.15, -0.1) is 0 Å². The number of nitrogens with one attached hydrogen (secondary N) is 1. The second-order valence-electron chi connectivity index (χ2n) is 5.43. The predicted octanol–water partition coefficient (Wildman–Crippen LogP) is 5.46. The molecule has 1 N–H and O–H groups in total. The molecule has 0 aliphatic carbocycles. The molecule has 2 aromatic rings. The quantitative estimate of drug-likeness (QED) is 0.717. The number of anilines is 3. The molecule has 0 spiro atoms. The molecule has 0 amide bonds. The van der Waals surface area contributed by atoms with Crippen LogP contribution in [0.1, 0.15) is 32.4 Å². The molecule has 6 heteroatoms. The fourth-order valence-electron chi connectivity index (χ4n) is 2.34. The van der Waals surface area contributed by atoms with Crippen LogP contribution in [-0.2, 0) is 0 Å². The monoisotopic (exact) mass is 352 g/mol. The highest BCUT2D eigenvalue weighted by atomic mass is 35.5. The Morgan fingerprint density at radius 1 is 1.04 bits per heavy atom.